The molecule has 0 amide bonds. The van der Waals surface area contributed by atoms with Gasteiger partial charge in [0.2, 0.25) is 0 Å². The normalized spacial score (nSPS) is 12.0. The molecule has 1 heterocycles. The van der Waals surface area contributed by atoms with Gasteiger partial charge in [-0.3, -0.25) is 4.79 Å². The molecule has 0 saturated heterocycles. The van der Waals surface area contributed by atoms with E-state index in [4.69, 9.17) is 23.2 Å². The van der Waals surface area contributed by atoms with Crippen molar-refractivity contribution in [3.05, 3.63) is 86.8 Å². The summed E-state index contributed by atoms with van der Waals surface area (Å²) in [6, 6.07) is 16.4. The molecule has 3 aromatic rings. The average molecular weight is 390 g/mol. The molecule has 0 spiro atoms. The highest BCUT2D eigenvalue weighted by atomic mass is 35.5. The first-order valence-corrected chi connectivity index (χ1v) is 8.80. The molecule has 134 valence electrons. The van der Waals surface area contributed by atoms with Crippen LogP contribution in [0.4, 0.5) is 5.69 Å². The number of aliphatic hydroxyl groups excluding tert-OH is 1. The molecule has 0 saturated carbocycles. The predicted octanol–water partition coefficient (Wildman–Crippen LogP) is 3.55. The third-order valence-corrected chi connectivity index (χ3v) is 4.45. The minimum Gasteiger partial charge on any atom is -0.391 e. The van der Waals surface area contributed by atoms with Gasteiger partial charge in [0.1, 0.15) is 5.02 Å². The predicted molar refractivity (Wildman–Crippen MR) is 104 cm³/mol. The van der Waals surface area contributed by atoms with E-state index >= 15 is 0 Å². The lowest BCUT2D eigenvalue weighted by atomic mass is 10.1. The second-order valence-corrected chi connectivity index (χ2v) is 6.60. The van der Waals surface area contributed by atoms with Crippen LogP contribution in [0.15, 0.2) is 65.6 Å². The Morgan fingerprint density at radius 1 is 1.08 bits per heavy atom. The number of hydrogen-bond donors (Lipinski definition) is 2. The molecule has 0 aliphatic heterocycles. The van der Waals surface area contributed by atoms with Gasteiger partial charge in [0.15, 0.2) is 0 Å². The Morgan fingerprint density at radius 2 is 1.77 bits per heavy atom. The van der Waals surface area contributed by atoms with E-state index in [1.807, 2.05) is 30.3 Å². The van der Waals surface area contributed by atoms with Gasteiger partial charge in [-0.2, -0.15) is 9.78 Å². The molecule has 2 aromatic carbocycles. The third kappa shape index (κ3) is 4.43. The molecule has 0 aliphatic carbocycles. The SMILES string of the molecule is O=c1c(Cl)c(NCC(O)Cc2ccccc2)cnn1-c1ccc(Cl)cc1. The molecule has 1 aromatic heterocycles. The van der Waals surface area contributed by atoms with Crippen LogP contribution in [-0.2, 0) is 6.42 Å². The summed E-state index contributed by atoms with van der Waals surface area (Å²) < 4.78 is 1.20. The second kappa shape index (κ2) is 8.36. The quantitative estimate of drug-likeness (QED) is 0.676. The van der Waals surface area contributed by atoms with Crippen LogP contribution in [0.25, 0.3) is 5.69 Å². The van der Waals surface area contributed by atoms with Gasteiger partial charge >= 0.3 is 0 Å². The van der Waals surface area contributed by atoms with Crippen LogP contribution >= 0.6 is 23.2 Å². The number of nitrogens with zero attached hydrogens (tertiary/aromatic N) is 2. The standard InChI is InChI=1S/C19H17Cl2N3O2/c20-14-6-8-15(9-7-14)24-19(26)18(21)17(12-23-24)22-11-16(25)10-13-4-2-1-3-5-13/h1-9,12,16,22,25H,10-11H2. The van der Waals surface area contributed by atoms with E-state index in [0.717, 1.165) is 5.56 Å². The molecule has 0 fully saturated rings. The summed E-state index contributed by atoms with van der Waals surface area (Å²) >= 11 is 12.0. The van der Waals surface area contributed by atoms with Crippen molar-refractivity contribution in [2.75, 3.05) is 11.9 Å². The van der Waals surface area contributed by atoms with Crippen molar-refractivity contribution in [3.63, 3.8) is 0 Å². The van der Waals surface area contributed by atoms with E-state index in [1.165, 1.54) is 10.9 Å². The molecule has 0 aliphatic rings. The summed E-state index contributed by atoms with van der Waals surface area (Å²) in [4.78, 5) is 12.4. The summed E-state index contributed by atoms with van der Waals surface area (Å²) in [5, 5.41) is 17.9. The smallest absolute Gasteiger partial charge is 0.292 e. The number of hydrogen-bond acceptors (Lipinski definition) is 4. The lowest BCUT2D eigenvalue weighted by molar-refractivity contribution is 0.188. The zero-order valence-corrected chi connectivity index (χ0v) is 15.3. The minimum absolute atomic E-state index is 0.0156. The van der Waals surface area contributed by atoms with Crippen LogP contribution in [0, 0.1) is 0 Å². The monoisotopic (exact) mass is 389 g/mol. The number of benzene rings is 2. The maximum Gasteiger partial charge on any atom is 0.292 e. The van der Waals surface area contributed by atoms with E-state index in [1.54, 1.807) is 24.3 Å². The fraction of sp³-hybridized carbons (Fsp3) is 0.158. The van der Waals surface area contributed by atoms with Gasteiger partial charge in [-0.25, -0.2) is 0 Å². The highest BCUT2D eigenvalue weighted by Crippen LogP contribution is 2.18. The number of nitrogens with one attached hydrogen (secondary N) is 1. The van der Waals surface area contributed by atoms with Crippen molar-refractivity contribution in [2.24, 2.45) is 0 Å². The summed E-state index contributed by atoms with van der Waals surface area (Å²) in [5.74, 6) is 0. The van der Waals surface area contributed by atoms with Crippen molar-refractivity contribution in [3.8, 4) is 5.69 Å². The molecular weight excluding hydrogens is 373 g/mol. The van der Waals surface area contributed by atoms with Gasteiger partial charge < -0.3 is 10.4 Å². The maximum atomic E-state index is 12.4. The lowest BCUT2D eigenvalue weighted by Gasteiger charge is -2.14. The molecule has 1 unspecified atom stereocenters. The largest absolute Gasteiger partial charge is 0.391 e. The Labute approximate surface area is 160 Å². The lowest BCUT2D eigenvalue weighted by Crippen LogP contribution is -2.26. The molecule has 26 heavy (non-hydrogen) atoms. The van der Waals surface area contributed by atoms with E-state index in [-0.39, 0.29) is 11.6 Å². The first-order chi connectivity index (χ1) is 12.5. The number of aliphatic hydroxyl groups is 1. The number of aromatic nitrogens is 2. The molecular formula is C19H17Cl2N3O2. The summed E-state index contributed by atoms with van der Waals surface area (Å²) in [6.45, 7) is 0.251. The van der Waals surface area contributed by atoms with Gasteiger partial charge in [-0.1, -0.05) is 53.5 Å². The van der Waals surface area contributed by atoms with Crippen molar-refractivity contribution in [1.82, 2.24) is 9.78 Å². The van der Waals surface area contributed by atoms with E-state index in [2.05, 4.69) is 10.4 Å². The zero-order valence-electron chi connectivity index (χ0n) is 13.8. The first-order valence-electron chi connectivity index (χ1n) is 8.04. The highest BCUT2D eigenvalue weighted by Gasteiger charge is 2.12. The Hall–Kier alpha value is -2.34. The van der Waals surface area contributed by atoms with Crippen LogP contribution in [0.1, 0.15) is 5.56 Å². The molecule has 2 N–H and O–H groups in total. The van der Waals surface area contributed by atoms with Crippen LogP contribution in [0.5, 0.6) is 0 Å². The number of rotatable bonds is 6. The Morgan fingerprint density at radius 3 is 2.46 bits per heavy atom. The second-order valence-electron chi connectivity index (χ2n) is 5.79. The maximum absolute atomic E-state index is 12.4. The number of anilines is 1. The fourth-order valence-electron chi connectivity index (χ4n) is 2.51. The van der Waals surface area contributed by atoms with Crippen LogP contribution in [0.2, 0.25) is 10.0 Å². The molecule has 1 atom stereocenters. The van der Waals surface area contributed by atoms with E-state index < -0.39 is 11.7 Å². The van der Waals surface area contributed by atoms with Crippen LogP contribution in [-0.4, -0.2) is 27.5 Å². The van der Waals surface area contributed by atoms with Gasteiger partial charge in [0, 0.05) is 18.0 Å². The summed E-state index contributed by atoms with van der Waals surface area (Å²) in [7, 11) is 0. The van der Waals surface area contributed by atoms with Gasteiger partial charge in [-0.15, -0.1) is 0 Å². The van der Waals surface area contributed by atoms with Crippen LogP contribution < -0.4 is 10.9 Å². The van der Waals surface area contributed by atoms with Crippen molar-refractivity contribution in [2.45, 2.75) is 12.5 Å². The number of halogens is 2. The Balaban J connectivity index is 1.70. The molecule has 7 heteroatoms. The molecule has 5 nitrogen and oxygen atoms in total. The van der Waals surface area contributed by atoms with E-state index in [9.17, 15) is 9.90 Å². The van der Waals surface area contributed by atoms with Crippen molar-refractivity contribution >= 4 is 28.9 Å². The van der Waals surface area contributed by atoms with E-state index in [0.29, 0.717) is 22.8 Å². The summed E-state index contributed by atoms with van der Waals surface area (Å²) in [6.07, 6.45) is 1.35. The Bertz CT molecular complexity index is 928. The molecule has 3 rings (SSSR count). The fourth-order valence-corrected chi connectivity index (χ4v) is 2.83. The first kappa shape index (κ1) is 18.5. The summed E-state index contributed by atoms with van der Waals surface area (Å²) in [5.41, 5.74) is 1.53. The molecule has 0 bridgehead atoms. The van der Waals surface area contributed by atoms with Gasteiger partial charge in [0.05, 0.1) is 23.7 Å². The molecule has 0 radical (unpaired) electrons. The third-order valence-electron chi connectivity index (χ3n) is 3.83. The minimum atomic E-state index is -0.618. The average Bonchev–Trinajstić information content (AvgIpc) is 2.65. The zero-order chi connectivity index (χ0) is 18.5. The highest BCUT2D eigenvalue weighted by molar-refractivity contribution is 6.33. The topological polar surface area (TPSA) is 67.2 Å². The van der Waals surface area contributed by atoms with Crippen molar-refractivity contribution < 1.29 is 5.11 Å². The Kier molecular flexibility index (Phi) is 5.93. The van der Waals surface area contributed by atoms with Crippen molar-refractivity contribution in [1.29, 1.82) is 0 Å². The van der Waals surface area contributed by atoms with Gasteiger partial charge in [-0.05, 0) is 29.8 Å². The van der Waals surface area contributed by atoms with Crippen LogP contribution in [0.3, 0.4) is 0 Å². The van der Waals surface area contributed by atoms with Gasteiger partial charge in [0.25, 0.3) is 5.56 Å².